The second kappa shape index (κ2) is 6.78. The third-order valence-corrected chi connectivity index (χ3v) is 3.59. The predicted molar refractivity (Wildman–Crippen MR) is 82.0 cm³/mol. The molecule has 114 valence electrons. The van der Waals surface area contributed by atoms with Crippen molar-refractivity contribution in [2.75, 3.05) is 30.3 Å². The van der Waals surface area contributed by atoms with Gasteiger partial charge in [0.05, 0.1) is 5.69 Å². The molecule has 1 aromatic carbocycles. The van der Waals surface area contributed by atoms with E-state index in [-0.39, 0.29) is 36.7 Å². The van der Waals surface area contributed by atoms with Gasteiger partial charge in [0.2, 0.25) is 5.91 Å². The van der Waals surface area contributed by atoms with Gasteiger partial charge in [-0.1, -0.05) is 0 Å². The molecule has 6 nitrogen and oxygen atoms in total. The third-order valence-electron chi connectivity index (χ3n) is 3.59. The van der Waals surface area contributed by atoms with Crippen LogP contribution in [0, 0.1) is 5.92 Å². The molecule has 3 rings (SSSR count). The fourth-order valence-corrected chi connectivity index (χ4v) is 2.48. The summed E-state index contributed by atoms with van der Waals surface area (Å²) in [5.41, 5.74) is 1.34. The number of fused-ring (bicyclic) bond motifs is 1. The number of carbonyl (C=O) groups is 2. The molecule has 2 amide bonds. The van der Waals surface area contributed by atoms with Crippen LogP contribution in [0.3, 0.4) is 0 Å². The average molecular weight is 312 g/mol. The number of hydrogen-bond acceptors (Lipinski definition) is 4. The van der Waals surface area contributed by atoms with Gasteiger partial charge in [-0.3, -0.25) is 9.59 Å². The highest BCUT2D eigenvalue weighted by Gasteiger charge is 2.22. The molecule has 0 radical (unpaired) electrons. The highest BCUT2D eigenvalue weighted by molar-refractivity contribution is 5.97. The molecular formula is C14H18ClN3O3. The van der Waals surface area contributed by atoms with Crippen LogP contribution >= 0.6 is 12.4 Å². The van der Waals surface area contributed by atoms with Crippen molar-refractivity contribution in [3.8, 4) is 5.75 Å². The second-order valence-electron chi connectivity index (χ2n) is 5.06. The van der Waals surface area contributed by atoms with E-state index in [9.17, 15) is 9.59 Å². The fraction of sp³-hybridized carbons (Fsp3) is 0.429. The number of hydrogen-bond donors (Lipinski definition) is 3. The van der Waals surface area contributed by atoms with Crippen molar-refractivity contribution in [2.24, 2.45) is 5.92 Å². The van der Waals surface area contributed by atoms with Gasteiger partial charge in [0.15, 0.2) is 6.61 Å². The van der Waals surface area contributed by atoms with E-state index in [0.717, 1.165) is 25.9 Å². The lowest BCUT2D eigenvalue weighted by Gasteiger charge is -2.22. The Kier molecular flexibility index (Phi) is 5.03. The Morgan fingerprint density at radius 3 is 2.81 bits per heavy atom. The minimum Gasteiger partial charge on any atom is -0.482 e. The smallest absolute Gasteiger partial charge is 0.262 e. The monoisotopic (exact) mass is 311 g/mol. The summed E-state index contributed by atoms with van der Waals surface area (Å²) in [5, 5.41) is 8.87. The minimum atomic E-state index is -0.163. The van der Waals surface area contributed by atoms with Crippen LogP contribution in [-0.2, 0) is 9.59 Å². The SMILES string of the molecule is Cl.O=C1COc2cc(NC(=O)C3CCNCC3)ccc2N1. The highest BCUT2D eigenvalue weighted by Crippen LogP contribution is 2.30. The largest absolute Gasteiger partial charge is 0.482 e. The number of anilines is 2. The molecule has 0 spiro atoms. The van der Waals surface area contributed by atoms with E-state index >= 15 is 0 Å². The van der Waals surface area contributed by atoms with Crippen molar-refractivity contribution >= 4 is 35.6 Å². The van der Waals surface area contributed by atoms with Crippen LogP contribution < -0.4 is 20.7 Å². The lowest BCUT2D eigenvalue weighted by atomic mass is 9.97. The van der Waals surface area contributed by atoms with Crippen molar-refractivity contribution in [1.82, 2.24) is 5.32 Å². The molecule has 0 saturated carbocycles. The number of amides is 2. The van der Waals surface area contributed by atoms with Gasteiger partial charge in [-0.25, -0.2) is 0 Å². The number of piperidine rings is 1. The van der Waals surface area contributed by atoms with E-state index in [1.165, 1.54) is 0 Å². The first-order valence-electron chi connectivity index (χ1n) is 6.80. The topological polar surface area (TPSA) is 79.5 Å². The average Bonchev–Trinajstić information content (AvgIpc) is 2.48. The van der Waals surface area contributed by atoms with E-state index in [2.05, 4.69) is 16.0 Å². The van der Waals surface area contributed by atoms with Gasteiger partial charge in [-0.05, 0) is 38.1 Å². The number of benzene rings is 1. The third kappa shape index (κ3) is 3.65. The van der Waals surface area contributed by atoms with Gasteiger partial charge in [0, 0.05) is 17.7 Å². The molecule has 0 bridgehead atoms. The quantitative estimate of drug-likeness (QED) is 0.771. The molecule has 1 saturated heterocycles. The van der Waals surface area contributed by atoms with Crippen LogP contribution in [0.1, 0.15) is 12.8 Å². The molecule has 21 heavy (non-hydrogen) atoms. The van der Waals surface area contributed by atoms with Gasteiger partial charge in [0.25, 0.3) is 5.91 Å². The van der Waals surface area contributed by atoms with Gasteiger partial charge in [-0.2, -0.15) is 0 Å². The van der Waals surface area contributed by atoms with Crippen LogP contribution in [0.15, 0.2) is 18.2 Å². The molecule has 2 heterocycles. The summed E-state index contributed by atoms with van der Waals surface area (Å²) in [5.74, 6) is 0.538. The Labute approximate surface area is 129 Å². The zero-order chi connectivity index (χ0) is 13.9. The van der Waals surface area contributed by atoms with E-state index in [4.69, 9.17) is 4.74 Å². The van der Waals surface area contributed by atoms with Gasteiger partial charge in [-0.15, -0.1) is 12.4 Å². The van der Waals surface area contributed by atoms with Crippen LogP contribution in [-0.4, -0.2) is 31.5 Å². The summed E-state index contributed by atoms with van der Waals surface area (Å²) in [6.07, 6.45) is 1.73. The van der Waals surface area contributed by atoms with Crippen molar-refractivity contribution in [3.63, 3.8) is 0 Å². The van der Waals surface area contributed by atoms with E-state index < -0.39 is 0 Å². The van der Waals surface area contributed by atoms with E-state index in [1.807, 2.05) is 0 Å². The first-order chi connectivity index (χ1) is 9.72. The molecule has 2 aliphatic rings. The summed E-state index contributed by atoms with van der Waals surface area (Å²) >= 11 is 0. The Morgan fingerprint density at radius 1 is 1.29 bits per heavy atom. The Balaban J connectivity index is 0.00000161. The van der Waals surface area contributed by atoms with Crippen molar-refractivity contribution in [2.45, 2.75) is 12.8 Å². The lowest BCUT2D eigenvalue weighted by Crippen LogP contribution is -2.34. The lowest BCUT2D eigenvalue weighted by molar-refractivity contribution is -0.120. The molecule has 1 aromatic rings. The molecule has 7 heteroatoms. The summed E-state index contributed by atoms with van der Waals surface area (Å²) in [7, 11) is 0. The first kappa shape index (κ1) is 15.6. The minimum absolute atomic E-state index is 0. The van der Waals surface area contributed by atoms with Crippen LogP contribution in [0.4, 0.5) is 11.4 Å². The van der Waals surface area contributed by atoms with Crippen molar-refractivity contribution < 1.29 is 14.3 Å². The molecule has 0 aromatic heterocycles. The molecule has 0 atom stereocenters. The van der Waals surface area contributed by atoms with Gasteiger partial charge < -0.3 is 20.7 Å². The van der Waals surface area contributed by atoms with Crippen LogP contribution in [0.25, 0.3) is 0 Å². The maximum atomic E-state index is 12.1. The van der Waals surface area contributed by atoms with Crippen LogP contribution in [0.2, 0.25) is 0 Å². The highest BCUT2D eigenvalue weighted by atomic mass is 35.5. The van der Waals surface area contributed by atoms with E-state index in [1.54, 1.807) is 18.2 Å². The maximum absolute atomic E-state index is 12.1. The predicted octanol–water partition coefficient (Wildman–Crippen LogP) is 1.38. The molecule has 0 unspecified atom stereocenters. The summed E-state index contributed by atoms with van der Waals surface area (Å²) in [6, 6.07) is 5.25. The summed E-state index contributed by atoms with van der Waals surface area (Å²) < 4.78 is 5.33. The van der Waals surface area contributed by atoms with Crippen molar-refractivity contribution in [1.29, 1.82) is 0 Å². The fourth-order valence-electron chi connectivity index (χ4n) is 2.48. The summed E-state index contributed by atoms with van der Waals surface area (Å²) in [6.45, 7) is 1.79. The number of ether oxygens (including phenoxy) is 1. The zero-order valence-corrected chi connectivity index (χ0v) is 12.3. The molecular weight excluding hydrogens is 294 g/mol. The number of nitrogens with one attached hydrogen (secondary N) is 3. The standard InChI is InChI=1S/C14H17N3O3.ClH/c18-13-8-20-12-7-10(1-2-11(12)17-13)16-14(19)9-3-5-15-6-4-9;/h1-2,7,9,15H,3-6,8H2,(H,16,19)(H,17,18);1H. The van der Waals surface area contributed by atoms with Gasteiger partial charge >= 0.3 is 0 Å². The Hall–Kier alpha value is -1.79. The Bertz CT molecular complexity index is 544. The number of rotatable bonds is 2. The Morgan fingerprint density at radius 2 is 2.05 bits per heavy atom. The molecule has 0 aliphatic carbocycles. The normalized spacial score (nSPS) is 17.8. The number of halogens is 1. The summed E-state index contributed by atoms with van der Waals surface area (Å²) in [4.78, 5) is 23.3. The first-order valence-corrected chi connectivity index (χ1v) is 6.80. The maximum Gasteiger partial charge on any atom is 0.262 e. The molecule has 2 aliphatic heterocycles. The van der Waals surface area contributed by atoms with Gasteiger partial charge in [0.1, 0.15) is 5.75 Å². The zero-order valence-electron chi connectivity index (χ0n) is 11.5. The van der Waals surface area contributed by atoms with E-state index in [0.29, 0.717) is 17.1 Å². The molecule has 1 fully saturated rings. The number of carbonyl (C=O) groups excluding carboxylic acids is 2. The van der Waals surface area contributed by atoms with Crippen molar-refractivity contribution in [3.05, 3.63) is 18.2 Å². The van der Waals surface area contributed by atoms with Crippen LogP contribution in [0.5, 0.6) is 5.75 Å². The molecule has 3 N–H and O–H groups in total. The second-order valence-corrected chi connectivity index (χ2v) is 5.06.